The number of ether oxygens (including phenoxy) is 1. The zero-order valence-corrected chi connectivity index (χ0v) is 19.5. The molecule has 0 radical (unpaired) electrons. The van der Waals surface area contributed by atoms with E-state index in [2.05, 4.69) is 6.92 Å². The molecule has 0 amide bonds. The minimum absolute atomic E-state index is 0.0691. The van der Waals surface area contributed by atoms with Crippen molar-refractivity contribution in [3.8, 4) is 0 Å². The minimum atomic E-state index is -0.846. The van der Waals surface area contributed by atoms with Crippen molar-refractivity contribution >= 4 is 16.8 Å². The summed E-state index contributed by atoms with van der Waals surface area (Å²) < 4.78 is 18.0. The second-order valence-electron chi connectivity index (χ2n) is 8.65. The van der Waals surface area contributed by atoms with Gasteiger partial charge in [0.15, 0.2) is 0 Å². The molecule has 0 aromatic rings. The van der Waals surface area contributed by atoms with Gasteiger partial charge >= 0.3 is 5.97 Å². The number of hydrogen-bond donors (Lipinski definition) is 0. The van der Waals surface area contributed by atoms with Crippen LogP contribution in [0, 0.1) is 0 Å². The summed E-state index contributed by atoms with van der Waals surface area (Å²) >= 11 is 0. The summed E-state index contributed by atoms with van der Waals surface area (Å²) in [6.07, 6.45) is 22.7. The normalized spacial score (nSPS) is 20.8. The highest BCUT2D eigenvalue weighted by Gasteiger charge is 2.31. The molecule has 0 aliphatic heterocycles. The SMILES string of the molecule is CCCCCCCCCCCCCCCC[S@](=O)[C@@H]1CCCC[C@H]1OC(C)=O. The second kappa shape index (κ2) is 17.5. The lowest BCUT2D eigenvalue weighted by Gasteiger charge is -2.30. The zero-order valence-electron chi connectivity index (χ0n) is 18.7. The Bertz CT molecular complexity index is 411. The van der Waals surface area contributed by atoms with Crippen LogP contribution in [0.4, 0.5) is 0 Å². The highest BCUT2D eigenvalue weighted by atomic mass is 32.2. The summed E-state index contributed by atoms with van der Waals surface area (Å²) in [5, 5.41) is 0.0691. The van der Waals surface area contributed by atoms with Crippen LogP contribution in [0.2, 0.25) is 0 Å². The quantitative estimate of drug-likeness (QED) is 0.188. The molecule has 28 heavy (non-hydrogen) atoms. The lowest BCUT2D eigenvalue weighted by Crippen LogP contribution is -2.37. The van der Waals surface area contributed by atoms with Crippen LogP contribution in [0.3, 0.4) is 0 Å². The molecule has 1 rings (SSSR count). The number of hydrogen-bond acceptors (Lipinski definition) is 3. The van der Waals surface area contributed by atoms with Crippen molar-refractivity contribution in [3.05, 3.63) is 0 Å². The van der Waals surface area contributed by atoms with Crippen molar-refractivity contribution in [3.63, 3.8) is 0 Å². The monoisotopic (exact) mass is 414 g/mol. The number of esters is 1. The average Bonchev–Trinajstić information content (AvgIpc) is 2.68. The smallest absolute Gasteiger partial charge is 0.302 e. The first-order valence-electron chi connectivity index (χ1n) is 12.2. The van der Waals surface area contributed by atoms with Gasteiger partial charge in [-0.25, -0.2) is 0 Å². The maximum absolute atomic E-state index is 12.6. The van der Waals surface area contributed by atoms with Crippen molar-refractivity contribution in [2.45, 2.75) is 141 Å². The Balaban J connectivity index is 1.93. The van der Waals surface area contributed by atoms with Gasteiger partial charge in [-0.2, -0.15) is 0 Å². The molecule has 3 nitrogen and oxygen atoms in total. The molecule has 166 valence electrons. The first kappa shape index (κ1) is 25.7. The Labute approximate surface area is 177 Å². The number of rotatable bonds is 17. The molecule has 3 atom stereocenters. The van der Waals surface area contributed by atoms with E-state index in [1.807, 2.05) is 0 Å². The van der Waals surface area contributed by atoms with Crippen LogP contribution in [0.15, 0.2) is 0 Å². The molecule has 0 aromatic carbocycles. The molecule has 4 heteroatoms. The van der Waals surface area contributed by atoms with Gasteiger partial charge in [-0.3, -0.25) is 9.00 Å². The van der Waals surface area contributed by atoms with E-state index in [0.717, 1.165) is 37.9 Å². The molecule has 0 N–H and O–H groups in total. The Morgan fingerprint density at radius 1 is 0.786 bits per heavy atom. The van der Waals surface area contributed by atoms with Crippen LogP contribution in [0.5, 0.6) is 0 Å². The lowest BCUT2D eigenvalue weighted by atomic mass is 9.97. The number of carbonyl (C=O) groups excluding carboxylic acids is 1. The molecular weight excluding hydrogens is 368 g/mol. The maximum Gasteiger partial charge on any atom is 0.302 e. The summed E-state index contributed by atoms with van der Waals surface area (Å²) in [5.41, 5.74) is 0. The van der Waals surface area contributed by atoms with E-state index in [-0.39, 0.29) is 17.3 Å². The van der Waals surface area contributed by atoms with Gasteiger partial charge in [-0.15, -0.1) is 0 Å². The summed E-state index contributed by atoms with van der Waals surface area (Å²) in [5.74, 6) is 0.547. The van der Waals surface area contributed by atoms with Crippen molar-refractivity contribution in [1.82, 2.24) is 0 Å². The fourth-order valence-corrected chi connectivity index (χ4v) is 6.05. The van der Waals surface area contributed by atoms with E-state index in [1.165, 1.54) is 90.4 Å². The first-order chi connectivity index (χ1) is 13.6. The van der Waals surface area contributed by atoms with E-state index in [9.17, 15) is 9.00 Å². The van der Waals surface area contributed by atoms with E-state index in [0.29, 0.717) is 0 Å². The van der Waals surface area contributed by atoms with Crippen molar-refractivity contribution in [1.29, 1.82) is 0 Å². The Morgan fingerprint density at radius 3 is 1.75 bits per heavy atom. The fraction of sp³-hybridized carbons (Fsp3) is 0.958. The third-order valence-corrected chi connectivity index (χ3v) is 7.90. The van der Waals surface area contributed by atoms with Crippen LogP contribution in [-0.4, -0.2) is 27.3 Å². The Kier molecular flexibility index (Phi) is 16.0. The molecule has 1 aliphatic rings. The van der Waals surface area contributed by atoms with Crippen molar-refractivity contribution in [2.24, 2.45) is 0 Å². The number of unbranched alkanes of at least 4 members (excludes halogenated alkanes) is 13. The third kappa shape index (κ3) is 13.0. The van der Waals surface area contributed by atoms with Crippen LogP contribution in [0.1, 0.15) is 129 Å². The molecule has 0 bridgehead atoms. The molecule has 0 spiro atoms. The summed E-state index contributed by atoms with van der Waals surface area (Å²) in [6.45, 7) is 3.74. The van der Waals surface area contributed by atoms with E-state index >= 15 is 0 Å². The largest absolute Gasteiger partial charge is 0.461 e. The topological polar surface area (TPSA) is 43.4 Å². The fourth-order valence-electron chi connectivity index (χ4n) is 4.30. The van der Waals surface area contributed by atoms with Gasteiger partial charge in [-0.1, -0.05) is 96.8 Å². The van der Waals surface area contributed by atoms with Gasteiger partial charge in [0.1, 0.15) is 6.10 Å². The van der Waals surface area contributed by atoms with Crippen molar-refractivity contribution in [2.75, 3.05) is 5.75 Å². The van der Waals surface area contributed by atoms with Crippen molar-refractivity contribution < 1.29 is 13.7 Å². The maximum atomic E-state index is 12.6. The zero-order chi connectivity index (χ0) is 20.5. The highest BCUT2D eigenvalue weighted by molar-refractivity contribution is 7.85. The standard InChI is InChI=1S/C24H46O3S/c1-3-4-5-6-7-8-9-10-11-12-13-14-15-18-21-28(26)24-20-17-16-19-23(24)27-22(2)25/h23-24H,3-21H2,1-2H3/t23-,24-,28+/m1/s1. The molecule has 0 saturated heterocycles. The van der Waals surface area contributed by atoms with Crippen LogP contribution in [-0.2, 0) is 20.3 Å². The molecule has 0 aromatic heterocycles. The third-order valence-electron chi connectivity index (χ3n) is 6.00. The predicted molar refractivity (Wildman–Crippen MR) is 121 cm³/mol. The van der Waals surface area contributed by atoms with E-state index in [1.54, 1.807) is 0 Å². The van der Waals surface area contributed by atoms with Gasteiger partial charge < -0.3 is 4.74 Å². The molecule has 1 saturated carbocycles. The second-order valence-corrected chi connectivity index (χ2v) is 10.4. The predicted octanol–water partition coefficient (Wildman–Crippen LogP) is 7.09. The molecule has 1 fully saturated rings. The molecule has 0 heterocycles. The summed E-state index contributed by atoms with van der Waals surface area (Å²) in [7, 11) is -0.846. The van der Waals surface area contributed by atoms with Crippen LogP contribution < -0.4 is 0 Å². The van der Waals surface area contributed by atoms with Crippen LogP contribution >= 0.6 is 0 Å². The minimum Gasteiger partial charge on any atom is -0.461 e. The molecule has 0 unspecified atom stereocenters. The Morgan fingerprint density at radius 2 is 1.25 bits per heavy atom. The lowest BCUT2D eigenvalue weighted by molar-refractivity contribution is -0.147. The van der Waals surface area contributed by atoms with Gasteiger partial charge in [0.05, 0.1) is 5.25 Å². The van der Waals surface area contributed by atoms with Crippen LogP contribution in [0.25, 0.3) is 0 Å². The van der Waals surface area contributed by atoms with Gasteiger partial charge in [0, 0.05) is 23.5 Å². The average molecular weight is 415 g/mol. The van der Waals surface area contributed by atoms with E-state index in [4.69, 9.17) is 4.74 Å². The number of carbonyl (C=O) groups is 1. The highest BCUT2D eigenvalue weighted by Crippen LogP contribution is 2.26. The molecule has 1 aliphatic carbocycles. The first-order valence-corrected chi connectivity index (χ1v) is 13.6. The van der Waals surface area contributed by atoms with Gasteiger partial charge in [0.2, 0.25) is 0 Å². The van der Waals surface area contributed by atoms with Gasteiger partial charge in [0.25, 0.3) is 0 Å². The summed E-state index contributed by atoms with van der Waals surface area (Å²) in [4.78, 5) is 11.3. The van der Waals surface area contributed by atoms with E-state index < -0.39 is 10.8 Å². The molecular formula is C24H46O3S. The van der Waals surface area contributed by atoms with Gasteiger partial charge in [-0.05, 0) is 25.7 Å². The summed E-state index contributed by atoms with van der Waals surface area (Å²) in [6, 6.07) is 0. The Hall–Kier alpha value is -0.380.